The van der Waals surface area contributed by atoms with Gasteiger partial charge in [-0.2, -0.15) is 13.2 Å². The molecule has 0 spiro atoms. The molecule has 1 aliphatic carbocycles. The first-order valence-electron chi connectivity index (χ1n) is 10.7. The van der Waals surface area contributed by atoms with Gasteiger partial charge in [-0.3, -0.25) is 25.2 Å². The Morgan fingerprint density at radius 3 is 2.46 bits per heavy atom. The first-order valence-corrected chi connectivity index (χ1v) is 11.5. The van der Waals surface area contributed by atoms with Crippen molar-refractivity contribution in [2.75, 3.05) is 4.90 Å². The summed E-state index contributed by atoms with van der Waals surface area (Å²) in [6, 6.07) is 7.14. The molecule has 11 heteroatoms. The largest absolute Gasteiger partial charge is 0.416 e. The van der Waals surface area contributed by atoms with Gasteiger partial charge in [0.2, 0.25) is 11.8 Å². The van der Waals surface area contributed by atoms with E-state index in [4.69, 9.17) is 0 Å². The van der Waals surface area contributed by atoms with Gasteiger partial charge in [0.1, 0.15) is 5.82 Å². The van der Waals surface area contributed by atoms with E-state index in [1.165, 1.54) is 18.2 Å². The number of fused-ring (bicyclic) bond motifs is 1. The van der Waals surface area contributed by atoms with Crippen LogP contribution in [0.25, 0.3) is 4.48 Å². The lowest BCUT2D eigenvalue weighted by molar-refractivity contribution is -0.137. The zero-order valence-corrected chi connectivity index (χ0v) is 20.0. The van der Waals surface area contributed by atoms with E-state index in [1.54, 1.807) is 13.0 Å². The minimum Gasteiger partial charge on any atom is -0.307 e. The van der Waals surface area contributed by atoms with Crippen molar-refractivity contribution in [1.29, 1.82) is 0 Å². The number of carbonyl (C=O) groups is 3. The Morgan fingerprint density at radius 2 is 1.83 bits per heavy atom. The number of rotatable bonds is 4. The van der Waals surface area contributed by atoms with Crippen molar-refractivity contribution in [3.63, 3.8) is 0 Å². The molecule has 2 aromatic rings. The number of hydrogen-bond donors (Lipinski definition) is 2. The molecule has 184 valence electrons. The Bertz CT molecular complexity index is 1260. The fraction of sp³-hybridized carbons (Fsp3) is 0.292. The van der Waals surface area contributed by atoms with E-state index in [0.29, 0.717) is 11.1 Å². The first-order chi connectivity index (χ1) is 16.5. The maximum atomic E-state index is 14.1. The van der Waals surface area contributed by atoms with Crippen LogP contribution in [0.5, 0.6) is 0 Å². The maximum Gasteiger partial charge on any atom is 0.416 e. The lowest BCUT2D eigenvalue weighted by Crippen LogP contribution is -2.43. The summed E-state index contributed by atoms with van der Waals surface area (Å²) in [6.45, 7) is 1.35. The minimum absolute atomic E-state index is 0.0651. The Hall–Kier alpha value is -3.21. The number of halogens is 5. The van der Waals surface area contributed by atoms with Crippen LogP contribution < -0.4 is 15.8 Å². The maximum absolute atomic E-state index is 14.1. The topological polar surface area (TPSA) is 78.5 Å². The second kappa shape index (κ2) is 9.44. The fourth-order valence-corrected chi connectivity index (χ4v) is 4.31. The highest BCUT2D eigenvalue weighted by Gasteiger charge is 2.36. The van der Waals surface area contributed by atoms with E-state index in [-0.39, 0.29) is 39.7 Å². The summed E-state index contributed by atoms with van der Waals surface area (Å²) in [5, 5.41) is 0. The molecule has 1 heterocycles. The third-order valence-corrected chi connectivity index (χ3v) is 6.75. The van der Waals surface area contributed by atoms with E-state index in [9.17, 15) is 31.9 Å². The van der Waals surface area contributed by atoms with E-state index < -0.39 is 35.8 Å². The van der Waals surface area contributed by atoms with Gasteiger partial charge >= 0.3 is 6.18 Å². The van der Waals surface area contributed by atoms with Gasteiger partial charge < -0.3 is 4.90 Å². The summed E-state index contributed by atoms with van der Waals surface area (Å²) in [5.74, 6) is -2.48. The number of hydrazine groups is 1. The molecule has 0 aromatic heterocycles. The highest BCUT2D eigenvalue weighted by Crippen LogP contribution is 2.42. The van der Waals surface area contributed by atoms with Crippen molar-refractivity contribution in [2.24, 2.45) is 5.92 Å². The molecule has 0 bridgehead atoms. The monoisotopic (exact) mass is 553 g/mol. The van der Waals surface area contributed by atoms with Gasteiger partial charge in [-0.15, -0.1) is 0 Å². The summed E-state index contributed by atoms with van der Waals surface area (Å²) >= 11 is 3.27. The molecule has 0 atom stereocenters. The van der Waals surface area contributed by atoms with Crippen LogP contribution in [0.2, 0.25) is 0 Å². The molecule has 0 unspecified atom stereocenters. The summed E-state index contributed by atoms with van der Waals surface area (Å²) in [6.07, 6.45) is -3.70. The molecule has 1 fully saturated rings. The average Bonchev–Trinajstić information content (AvgIpc) is 3.65. The molecule has 1 saturated carbocycles. The van der Waals surface area contributed by atoms with Crippen LogP contribution >= 0.6 is 15.9 Å². The van der Waals surface area contributed by atoms with Crippen LogP contribution in [0.15, 0.2) is 42.0 Å². The normalized spacial score (nSPS) is 16.1. The molecule has 2 aromatic carbocycles. The highest BCUT2D eigenvalue weighted by atomic mass is 79.9. The van der Waals surface area contributed by atoms with Crippen LogP contribution in [0.4, 0.5) is 23.2 Å². The minimum atomic E-state index is -4.67. The van der Waals surface area contributed by atoms with Crippen molar-refractivity contribution >= 4 is 43.8 Å². The molecule has 0 saturated heterocycles. The van der Waals surface area contributed by atoms with Gasteiger partial charge in [0.05, 0.1) is 24.2 Å². The number of aryl methyl sites for hydroxylation is 1. The van der Waals surface area contributed by atoms with Crippen molar-refractivity contribution in [3.8, 4) is 0 Å². The second-order valence-electron chi connectivity index (χ2n) is 8.48. The van der Waals surface area contributed by atoms with Gasteiger partial charge in [0, 0.05) is 21.5 Å². The number of anilines is 1. The molecule has 0 radical (unpaired) electrons. The number of nitrogens with one attached hydrogen (secondary N) is 2. The molecule has 1 aliphatic heterocycles. The van der Waals surface area contributed by atoms with Crippen LogP contribution in [0.1, 0.15) is 41.5 Å². The molecule has 35 heavy (non-hydrogen) atoms. The zero-order valence-electron chi connectivity index (χ0n) is 18.4. The van der Waals surface area contributed by atoms with Crippen molar-refractivity contribution in [3.05, 3.63) is 70.0 Å². The summed E-state index contributed by atoms with van der Waals surface area (Å²) < 4.78 is 54.7. The third-order valence-electron chi connectivity index (χ3n) is 5.84. The van der Waals surface area contributed by atoms with Gasteiger partial charge in [-0.05, 0) is 65.0 Å². The van der Waals surface area contributed by atoms with Gasteiger partial charge in [-0.25, -0.2) is 4.39 Å². The molecule has 2 N–H and O–H groups in total. The van der Waals surface area contributed by atoms with Crippen molar-refractivity contribution in [2.45, 2.75) is 38.9 Å². The first kappa shape index (κ1) is 24.9. The van der Waals surface area contributed by atoms with Crippen LogP contribution in [-0.2, 0) is 27.1 Å². The summed E-state index contributed by atoms with van der Waals surface area (Å²) in [7, 11) is 0. The van der Waals surface area contributed by atoms with Gasteiger partial charge in [0.25, 0.3) is 5.91 Å². The van der Waals surface area contributed by atoms with Gasteiger partial charge in [0.15, 0.2) is 0 Å². The molecular formula is C24H20BrF4N3O3. The van der Waals surface area contributed by atoms with E-state index in [0.717, 1.165) is 29.9 Å². The SMILES string of the molecule is Cc1ccc(CN2C(=O)CC(C(=O)NNC(=O)C3CC3)=C(Br)c3ccc(C(F)(F)F)cc32)cc1F. The van der Waals surface area contributed by atoms with Crippen molar-refractivity contribution < 1.29 is 31.9 Å². The Morgan fingerprint density at radius 1 is 1.11 bits per heavy atom. The third kappa shape index (κ3) is 5.39. The van der Waals surface area contributed by atoms with E-state index in [1.807, 2.05) is 0 Å². The van der Waals surface area contributed by atoms with E-state index >= 15 is 0 Å². The number of carbonyl (C=O) groups excluding carboxylic acids is 3. The summed E-state index contributed by atoms with van der Waals surface area (Å²) in [4.78, 5) is 39.0. The van der Waals surface area contributed by atoms with Crippen molar-refractivity contribution in [1.82, 2.24) is 10.9 Å². The lowest BCUT2D eigenvalue weighted by atomic mass is 10.0. The predicted molar refractivity (Wildman–Crippen MR) is 123 cm³/mol. The number of amides is 3. The fourth-order valence-electron chi connectivity index (χ4n) is 3.65. The Labute approximate surface area is 206 Å². The summed E-state index contributed by atoms with van der Waals surface area (Å²) in [5.41, 5.74) is 4.37. The molecule has 3 amide bonds. The van der Waals surface area contributed by atoms with Crippen LogP contribution in [-0.4, -0.2) is 17.7 Å². The van der Waals surface area contributed by atoms with Crippen LogP contribution in [0, 0.1) is 18.7 Å². The smallest absolute Gasteiger partial charge is 0.307 e. The van der Waals surface area contributed by atoms with Crippen LogP contribution in [0.3, 0.4) is 0 Å². The quantitative estimate of drug-likeness (QED) is 0.423. The molecule has 4 rings (SSSR count). The Kier molecular flexibility index (Phi) is 6.72. The highest BCUT2D eigenvalue weighted by molar-refractivity contribution is 9.15. The van der Waals surface area contributed by atoms with Gasteiger partial charge in [-0.1, -0.05) is 18.2 Å². The number of hydrogen-bond acceptors (Lipinski definition) is 3. The second-order valence-corrected chi connectivity index (χ2v) is 9.27. The Balaban J connectivity index is 1.73. The average molecular weight is 554 g/mol. The molecule has 6 nitrogen and oxygen atoms in total. The predicted octanol–water partition coefficient (Wildman–Crippen LogP) is 4.75. The number of alkyl halides is 3. The standard InChI is InChI=1S/C24H20BrF4N3O3/c1-12-2-3-13(8-18(12)26)11-32-19-9-15(24(27,28)29)6-7-16(19)21(25)17(10-20(32)33)23(35)31-30-22(34)14-4-5-14/h2-3,6-9,14H,4-5,10-11H2,1H3,(H,30,34)(H,31,35). The van der Waals surface area contributed by atoms with E-state index in [2.05, 4.69) is 26.8 Å². The zero-order chi connectivity index (χ0) is 25.5. The molecule has 2 aliphatic rings. The molecular weight excluding hydrogens is 534 g/mol. The number of nitrogens with zero attached hydrogens (tertiary/aromatic N) is 1. The number of benzene rings is 2. The lowest BCUT2D eigenvalue weighted by Gasteiger charge is -2.24.